The zero-order valence-electron chi connectivity index (χ0n) is 14.4. The molecule has 0 aliphatic heterocycles. The molecule has 0 aliphatic rings. The average molecular weight is 363 g/mol. The molecule has 0 radical (unpaired) electrons. The van der Waals surface area contributed by atoms with E-state index < -0.39 is 0 Å². The molecule has 0 spiro atoms. The number of aryl methyl sites for hydroxylation is 1. The molecule has 2 heterocycles. The first-order valence-corrected chi connectivity index (χ1v) is 9.32. The van der Waals surface area contributed by atoms with Crippen LogP contribution in [0, 0.1) is 6.92 Å². The van der Waals surface area contributed by atoms with Gasteiger partial charge in [0.2, 0.25) is 0 Å². The Bertz CT molecular complexity index is 808. The molecule has 0 saturated heterocycles. The van der Waals surface area contributed by atoms with Gasteiger partial charge in [-0.15, -0.1) is 11.3 Å². The summed E-state index contributed by atoms with van der Waals surface area (Å²) in [6, 6.07) is 8.57. The molecule has 0 bridgehead atoms. The van der Waals surface area contributed by atoms with E-state index in [0.717, 1.165) is 36.8 Å². The summed E-state index contributed by atoms with van der Waals surface area (Å²) in [5.41, 5.74) is 3.76. The first-order valence-electron chi connectivity index (χ1n) is 8.06. The maximum Gasteiger partial charge on any atom is 0.195 e. The summed E-state index contributed by atoms with van der Waals surface area (Å²) in [6.45, 7) is 5.86. The van der Waals surface area contributed by atoms with Crippen LogP contribution in [0.1, 0.15) is 16.8 Å². The standard InChI is InChI=1S/C18H23ClN4S/c1-14-6-4-5-7-15(14)12-22(9-8-21(2)3)13-16-17(19)20-18-23(16)10-11-24-18/h4-7,10-11H,8-9,12-13H2,1-3H3. The molecule has 4 nitrogen and oxygen atoms in total. The summed E-state index contributed by atoms with van der Waals surface area (Å²) < 4.78 is 2.10. The van der Waals surface area contributed by atoms with Crippen LogP contribution in [-0.2, 0) is 13.1 Å². The molecule has 1 aromatic carbocycles. The van der Waals surface area contributed by atoms with Gasteiger partial charge >= 0.3 is 0 Å². The number of hydrogen-bond donors (Lipinski definition) is 0. The number of rotatable bonds is 7. The van der Waals surface area contributed by atoms with Crippen LogP contribution in [0.25, 0.3) is 4.96 Å². The molecule has 24 heavy (non-hydrogen) atoms. The molecule has 128 valence electrons. The number of aromatic nitrogens is 2. The lowest BCUT2D eigenvalue weighted by molar-refractivity contribution is 0.223. The van der Waals surface area contributed by atoms with Gasteiger partial charge < -0.3 is 4.90 Å². The lowest BCUT2D eigenvalue weighted by atomic mass is 10.1. The van der Waals surface area contributed by atoms with Crippen molar-refractivity contribution >= 4 is 27.9 Å². The lowest BCUT2D eigenvalue weighted by Crippen LogP contribution is -2.31. The highest BCUT2D eigenvalue weighted by molar-refractivity contribution is 7.15. The fraction of sp³-hybridized carbons (Fsp3) is 0.389. The third kappa shape index (κ3) is 3.98. The molecule has 3 rings (SSSR count). The van der Waals surface area contributed by atoms with Crippen molar-refractivity contribution in [3.63, 3.8) is 0 Å². The number of likely N-dealkylation sites (N-methyl/N-ethyl adjacent to an activating group) is 1. The number of thiazole rings is 1. The molecular formula is C18H23ClN4S. The van der Waals surface area contributed by atoms with Gasteiger partial charge in [-0.05, 0) is 32.1 Å². The van der Waals surface area contributed by atoms with Gasteiger partial charge in [-0.2, -0.15) is 0 Å². The smallest absolute Gasteiger partial charge is 0.195 e. The molecule has 6 heteroatoms. The van der Waals surface area contributed by atoms with Crippen molar-refractivity contribution in [2.45, 2.75) is 20.0 Å². The maximum atomic E-state index is 6.39. The first-order chi connectivity index (χ1) is 11.5. The fourth-order valence-electron chi connectivity index (χ4n) is 2.74. The SMILES string of the molecule is Cc1ccccc1CN(CCN(C)C)Cc1c(Cl)nc2sccn12. The summed E-state index contributed by atoms with van der Waals surface area (Å²) in [7, 11) is 4.21. The Balaban J connectivity index is 1.83. The highest BCUT2D eigenvalue weighted by atomic mass is 35.5. The predicted molar refractivity (Wildman–Crippen MR) is 102 cm³/mol. The van der Waals surface area contributed by atoms with E-state index in [4.69, 9.17) is 11.6 Å². The van der Waals surface area contributed by atoms with Crippen molar-refractivity contribution in [3.8, 4) is 0 Å². The van der Waals surface area contributed by atoms with E-state index in [9.17, 15) is 0 Å². The third-order valence-corrected chi connectivity index (χ3v) is 5.26. The van der Waals surface area contributed by atoms with E-state index in [2.05, 4.69) is 64.5 Å². The Morgan fingerprint density at radius 1 is 1.17 bits per heavy atom. The molecular weight excluding hydrogens is 340 g/mol. The highest BCUT2D eigenvalue weighted by Gasteiger charge is 2.16. The Labute approximate surface area is 152 Å². The molecule has 0 aliphatic carbocycles. The zero-order valence-corrected chi connectivity index (χ0v) is 15.9. The maximum absolute atomic E-state index is 6.39. The van der Waals surface area contributed by atoms with Crippen molar-refractivity contribution in [1.82, 2.24) is 19.2 Å². The Morgan fingerprint density at radius 3 is 2.71 bits per heavy atom. The Morgan fingerprint density at radius 2 is 1.96 bits per heavy atom. The lowest BCUT2D eigenvalue weighted by Gasteiger charge is -2.24. The number of benzene rings is 1. The number of imidazole rings is 1. The van der Waals surface area contributed by atoms with Crippen LogP contribution in [-0.4, -0.2) is 46.4 Å². The second kappa shape index (κ2) is 7.66. The highest BCUT2D eigenvalue weighted by Crippen LogP contribution is 2.23. The van der Waals surface area contributed by atoms with E-state index in [-0.39, 0.29) is 0 Å². The number of nitrogens with zero attached hydrogens (tertiary/aromatic N) is 4. The average Bonchev–Trinajstić information content (AvgIpc) is 3.09. The molecule has 3 aromatic rings. The van der Waals surface area contributed by atoms with Crippen molar-refractivity contribution in [1.29, 1.82) is 0 Å². The number of hydrogen-bond acceptors (Lipinski definition) is 4. The minimum atomic E-state index is 0.612. The quantitative estimate of drug-likeness (QED) is 0.636. The second-order valence-electron chi connectivity index (χ2n) is 6.35. The first kappa shape index (κ1) is 17.4. The van der Waals surface area contributed by atoms with Gasteiger partial charge in [-0.3, -0.25) is 9.30 Å². The topological polar surface area (TPSA) is 23.8 Å². The van der Waals surface area contributed by atoms with Crippen LogP contribution >= 0.6 is 22.9 Å². The van der Waals surface area contributed by atoms with Gasteiger partial charge in [-0.25, -0.2) is 4.98 Å². The molecule has 2 aromatic heterocycles. The van der Waals surface area contributed by atoms with Gasteiger partial charge in [0.05, 0.1) is 5.69 Å². The summed E-state index contributed by atoms with van der Waals surface area (Å²) in [4.78, 5) is 10.1. The van der Waals surface area contributed by atoms with Gasteiger partial charge in [-0.1, -0.05) is 35.9 Å². The van der Waals surface area contributed by atoms with Crippen molar-refractivity contribution in [2.75, 3.05) is 27.2 Å². The van der Waals surface area contributed by atoms with Crippen molar-refractivity contribution in [2.24, 2.45) is 0 Å². The van der Waals surface area contributed by atoms with Crippen LogP contribution in [0.2, 0.25) is 5.15 Å². The van der Waals surface area contributed by atoms with Crippen LogP contribution in [0.4, 0.5) is 0 Å². The molecule has 0 fully saturated rings. The molecule has 0 saturated carbocycles. The van der Waals surface area contributed by atoms with Gasteiger partial charge in [0.15, 0.2) is 10.1 Å². The largest absolute Gasteiger partial charge is 0.308 e. The van der Waals surface area contributed by atoms with E-state index >= 15 is 0 Å². The summed E-state index contributed by atoms with van der Waals surface area (Å²) >= 11 is 8.00. The van der Waals surface area contributed by atoms with Gasteiger partial charge in [0.1, 0.15) is 0 Å². The summed E-state index contributed by atoms with van der Waals surface area (Å²) in [5, 5.41) is 2.66. The minimum Gasteiger partial charge on any atom is -0.308 e. The molecule has 0 atom stereocenters. The molecule has 0 unspecified atom stereocenters. The van der Waals surface area contributed by atoms with Crippen molar-refractivity contribution in [3.05, 3.63) is 57.8 Å². The normalized spacial score (nSPS) is 11.9. The van der Waals surface area contributed by atoms with Gasteiger partial charge in [0, 0.05) is 37.8 Å². The number of halogens is 1. The van der Waals surface area contributed by atoms with E-state index in [1.165, 1.54) is 11.1 Å². The Hall–Kier alpha value is -1.40. The van der Waals surface area contributed by atoms with E-state index in [1.54, 1.807) is 11.3 Å². The zero-order chi connectivity index (χ0) is 17.1. The van der Waals surface area contributed by atoms with E-state index in [0.29, 0.717) is 5.15 Å². The van der Waals surface area contributed by atoms with E-state index in [1.807, 2.05) is 11.6 Å². The predicted octanol–water partition coefficient (Wildman–Crippen LogP) is 3.92. The van der Waals surface area contributed by atoms with Crippen LogP contribution in [0.3, 0.4) is 0 Å². The molecule has 0 amide bonds. The van der Waals surface area contributed by atoms with Crippen LogP contribution in [0.15, 0.2) is 35.8 Å². The Kier molecular flexibility index (Phi) is 5.56. The molecule has 0 N–H and O–H groups in total. The fourth-order valence-corrected chi connectivity index (χ4v) is 3.76. The minimum absolute atomic E-state index is 0.612. The van der Waals surface area contributed by atoms with Gasteiger partial charge in [0.25, 0.3) is 0 Å². The summed E-state index contributed by atoms with van der Waals surface area (Å²) in [6.07, 6.45) is 2.05. The number of fused-ring (bicyclic) bond motifs is 1. The monoisotopic (exact) mass is 362 g/mol. The second-order valence-corrected chi connectivity index (χ2v) is 7.58. The summed E-state index contributed by atoms with van der Waals surface area (Å²) in [5.74, 6) is 0. The van der Waals surface area contributed by atoms with Crippen molar-refractivity contribution < 1.29 is 0 Å². The van der Waals surface area contributed by atoms with Crippen LogP contribution < -0.4 is 0 Å². The van der Waals surface area contributed by atoms with Crippen LogP contribution in [0.5, 0.6) is 0 Å². The third-order valence-electron chi connectivity index (χ3n) is 4.20.